The fraction of sp³-hybridized carbons (Fsp3) is 0.500. The van der Waals surface area contributed by atoms with Gasteiger partial charge in [-0.15, -0.1) is 0 Å². The summed E-state index contributed by atoms with van der Waals surface area (Å²) in [5.74, 6) is 0.553. The lowest BCUT2D eigenvalue weighted by molar-refractivity contribution is 0.0869. The highest BCUT2D eigenvalue weighted by Gasteiger charge is 2.23. The van der Waals surface area contributed by atoms with Gasteiger partial charge in [0.25, 0.3) is 5.91 Å². The van der Waals surface area contributed by atoms with Crippen LogP contribution in [0.3, 0.4) is 0 Å². The molecule has 1 heterocycles. The largest absolute Gasteiger partial charge is 0.394 e. The maximum absolute atomic E-state index is 12.4. The van der Waals surface area contributed by atoms with E-state index in [-0.39, 0.29) is 12.5 Å². The lowest BCUT2D eigenvalue weighted by Gasteiger charge is -2.23. The van der Waals surface area contributed by atoms with E-state index >= 15 is 0 Å². The second-order valence-corrected chi connectivity index (χ2v) is 7.19. The Labute approximate surface area is 130 Å². The van der Waals surface area contributed by atoms with Crippen LogP contribution in [0.5, 0.6) is 0 Å². The van der Waals surface area contributed by atoms with Crippen molar-refractivity contribution in [3.8, 4) is 0 Å². The van der Waals surface area contributed by atoms with E-state index in [0.29, 0.717) is 11.5 Å². The van der Waals surface area contributed by atoms with E-state index in [1.54, 1.807) is 0 Å². The highest BCUT2D eigenvalue weighted by atomic mass is 16.3. The average Bonchev–Trinajstić information content (AvgIpc) is 2.84. The first-order chi connectivity index (χ1) is 10.4. The smallest absolute Gasteiger partial charge is 0.251 e. The van der Waals surface area contributed by atoms with Gasteiger partial charge in [0.2, 0.25) is 0 Å². The van der Waals surface area contributed by atoms with Crippen molar-refractivity contribution >= 4 is 16.8 Å². The number of aryl methyl sites for hydroxylation is 1. The van der Waals surface area contributed by atoms with Crippen LogP contribution >= 0.6 is 0 Å². The molecule has 1 amide bonds. The van der Waals surface area contributed by atoms with Crippen LogP contribution in [0.25, 0.3) is 10.9 Å². The Balaban J connectivity index is 1.96. The van der Waals surface area contributed by atoms with E-state index in [1.807, 2.05) is 32.0 Å². The Kier molecular flexibility index (Phi) is 3.73. The Hall–Kier alpha value is -1.81. The van der Waals surface area contributed by atoms with Gasteiger partial charge in [0, 0.05) is 22.2 Å². The zero-order valence-corrected chi connectivity index (χ0v) is 13.5. The molecule has 3 rings (SSSR count). The molecule has 1 aromatic carbocycles. The van der Waals surface area contributed by atoms with Crippen molar-refractivity contribution in [2.75, 3.05) is 6.61 Å². The molecule has 1 aliphatic rings. The number of aromatic nitrogens is 1. The molecule has 0 saturated carbocycles. The van der Waals surface area contributed by atoms with E-state index in [9.17, 15) is 9.90 Å². The minimum atomic E-state index is -0.613. The Morgan fingerprint density at radius 2 is 2.23 bits per heavy atom. The molecule has 22 heavy (non-hydrogen) atoms. The normalized spacial score (nSPS) is 18.3. The van der Waals surface area contributed by atoms with Gasteiger partial charge in [-0.1, -0.05) is 6.92 Å². The van der Waals surface area contributed by atoms with E-state index in [4.69, 9.17) is 0 Å². The quantitative estimate of drug-likeness (QED) is 0.816. The minimum Gasteiger partial charge on any atom is -0.394 e. The molecule has 0 radical (unpaired) electrons. The van der Waals surface area contributed by atoms with Crippen LogP contribution in [0.15, 0.2) is 18.2 Å². The summed E-state index contributed by atoms with van der Waals surface area (Å²) < 4.78 is 0. The molecule has 118 valence electrons. The number of amides is 1. The molecule has 4 heteroatoms. The van der Waals surface area contributed by atoms with Gasteiger partial charge in [0.1, 0.15) is 0 Å². The third-order valence-corrected chi connectivity index (χ3v) is 4.54. The minimum absolute atomic E-state index is 0.0853. The average molecular weight is 300 g/mol. The Morgan fingerprint density at radius 3 is 2.95 bits per heavy atom. The monoisotopic (exact) mass is 300 g/mol. The van der Waals surface area contributed by atoms with Gasteiger partial charge in [-0.3, -0.25) is 4.79 Å². The zero-order chi connectivity index (χ0) is 15.9. The van der Waals surface area contributed by atoms with Crippen molar-refractivity contribution in [3.05, 3.63) is 35.0 Å². The lowest BCUT2D eigenvalue weighted by atomic mass is 9.87. The van der Waals surface area contributed by atoms with Gasteiger partial charge in [-0.05, 0) is 62.8 Å². The number of hydrogen-bond acceptors (Lipinski definition) is 2. The first kappa shape index (κ1) is 15.1. The first-order valence-corrected chi connectivity index (χ1v) is 7.96. The van der Waals surface area contributed by atoms with Crippen molar-refractivity contribution in [2.45, 2.75) is 45.6 Å². The number of nitrogens with one attached hydrogen (secondary N) is 2. The number of carbonyl (C=O) groups is 1. The van der Waals surface area contributed by atoms with E-state index in [1.165, 1.54) is 17.7 Å². The SMILES string of the molecule is CC1CCc2[nH]c3ccc(C(=O)NC(C)(C)CO)cc3c2C1. The van der Waals surface area contributed by atoms with Gasteiger partial charge in [0.15, 0.2) is 0 Å². The molecule has 0 bridgehead atoms. The van der Waals surface area contributed by atoms with Crippen LogP contribution in [0.2, 0.25) is 0 Å². The lowest BCUT2D eigenvalue weighted by Crippen LogP contribution is -2.46. The van der Waals surface area contributed by atoms with Crippen molar-refractivity contribution in [1.82, 2.24) is 10.3 Å². The number of fused-ring (bicyclic) bond motifs is 3. The van der Waals surface area contributed by atoms with Gasteiger partial charge in [-0.2, -0.15) is 0 Å². The number of benzene rings is 1. The molecule has 1 aromatic heterocycles. The number of aliphatic hydroxyl groups excluding tert-OH is 1. The summed E-state index contributed by atoms with van der Waals surface area (Å²) in [6.07, 6.45) is 3.38. The number of rotatable bonds is 3. The highest BCUT2D eigenvalue weighted by Crippen LogP contribution is 2.32. The summed E-state index contributed by atoms with van der Waals surface area (Å²) in [4.78, 5) is 15.9. The van der Waals surface area contributed by atoms with Gasteiger partial charge >= 0.3 is 0 Å². The molecule has 1 aliphatic carbocycles. The summed E-state index contributed by atoms with van der Waals surface area (Å²) >= 11 is 0. The number of H-pyrrole nitrogens is 1. The summed E-state index contributed by atoms with van der Waals surface area (Å²) in [6, 6.07) is 5.81. The van der Waals surface area contributed by atoms with E-state index < -0.39 is 5.54 Å². The third kappa shape index (κ3) is 2.75. The van der Waals surface area contributed by atoms with Gasteiger partial charge < -0.3 is 15.4 Å². The molecule has 0 aliphatic heterocycles. The van der Waals surface area contributed by atoms with E-state index in [0.717, 1.165) is 23.7 Å². The maximum atomic E-state index is 12.4. The topological polar surface area (TPSA) is 65.1 Å². The molecule has 0 fully saturated rings. The molecule has 4 nitrogen and oxygen atoms in total. The third-order valence-electron chi connectivity index (χ3n) is 4.54. The van der Waals surface area contributed by atoms with Crippen molar-refractivity contribution in [3.63, 3.8) is 0 Å². The molecular formula is C18H24N2O2. The first-order valence-electron chi connectivity index (χ1n) is 7.96. The second kappa shape index (κ2) is 5.43. The van der Waals surface area contributed by atoms with Crippen LogP contribution in [0, 0.1) is 5.92 Å². The molecule has 0 spiro atoms. The summed E-state index contributed by atoms with van der Waals surface area (Å²) in [5, 5.41) is 13.3. The van der Waals surface area contributed by atoms with Crippen molar-refractivity contribution in [1.29, 1.82) is 0 Å². The predicted octanol–water partition coefficient (Wildman–Crippen LogP) is 2.79. The van der Waals surface area contributed by atoms with Crippen LogP contribution in [0.4, 0.5) is 0 Å². The highest BCUT2D eigenvalue weighted by molar-refractivity contribution is 5.99. The van der Waals surface area contributed by atoms with Crippen molar-refractivity contribution in [2.24, 2.45) is 5.92 Å². The van der Waals surface area contributed by atoms with E-state index in [2.05, 4.69) is 17.2 Å². The van der Waals surface area contributed by atoms with Gasteiger partial charge in [0.05, 0.1) is 12.1 Å². The molecule has 0 saturated heterocycles. The number of aliphatic hydroxyl groups is 1. The molecule has 2 aromatic rings. The Bertz CT molecular complexity index is 715. The number of aromatic amines is 1. The standard InChI is InChI=1S/C18H24N2O2/c1-11-4-6-15-13(8-11)14-9-12(5-7-16(14)19-15)17(22)20-18(2,3)10-21/h5,7,9,11,19,21H,4,6,8,10H2,1-3H3,(H,20,22). The molecule has 1 atom stereocenters. The predicted molar refractivity (Wildman–Crippen MR) is 88.1 cm³/mol. The molecule has 3 N–H and O–H groups in total. The van der Waals surface area contributed by atoms with Crippen LogP contribution in [-0.2, 0) is 12.8 Å². The van der Waals surface area contributed by atoms with Gasteiger partial charge in [-0.25, -0.2) is 0 Å². The molecular weight excluding hydrogens is 276 g/mol. The zero-order valence-electron chi connectivity index (χ0n) is 13.5. The summed E-state index contributed by atoms with van der Waals surface area (Å²) in [7, 11) is 0. The van der Waals surface area contributed by atoms with Crippen LogP contribution in [-0.4, -0.2) is 28.1 Å². The second-order valence-electron chi connectivity index (χ2n) is 7.19. The maximum Gasteiger partial charge on any atom is 0.251 e. The van der Waals surface area contributed by atoms with Crippen LogP contribution in [0.1, 0.15) is 48.8 Å². The summed E-state index contributed by atoms with van der Waals surface area (Å²) in [5.41, 5.74) is 3.83. The fourth-order valence-electron chi connectivity index (χ4n) is 3.15. The Morgan fingerprint density at radius 1 is 1.45 bits per heavy atom. The number of carbonyl (C=O) groups excluding carboxylic acids is 1. The number of hydrogen-bond donors (Lipinski definition) is 3. The fourth-order valence-corrected chi connectivity index (χ4v) is 3.15. The molecule has 1 unspecified atom stereocenters. The van der Waals surface area contributed by atoms with Crippen molar-refractivity contribution < 1.29 is 9.90 Å². The van der Waals surface area contributed by atoms with Crippen LogP contribution < -0.4 is 5.32 Å². The summed E-state index contributed by atoms with van der Waals surface area (Å²) in [6.45, 7) is 5.81.